The molecule has 0 N–H and O–H groups in total. The Morgan fingerprint density at radius 1 is 1.00 bits per heavy atom. The van der Waals surface area contributed by atoms with Gasteiger partial charge >= 0.3 is 5.97 Å². The van der Waals surface area contributed by atoms with Crippen molar-refractivity contribution in [2.45, 2.75) is 13.0 Å². The van der Waals surface area contributed by atoms with Crippen molar-refractivity contribution in [3.63, 3.8) is 0 Å². The third-order valence-corrected chi connectivity index (χ3v) is 5.77. The predicted molar refractivity (Wildman–Crippen MR) is 115 cm³/mol. The smallest absolute Gasteiger partial charge is 0.310 e. The summed E-state index contributed by atoms with van der Waals surface area (Å²) in [7, 11) is 0. The maximum atomic E-state index is 12.5. The van der Waals surface area contributed by atoms with Gasteiger partial charge in [-0.05, 0) is 16.8 Å². The zero-order chi connectivity index (χ0) is 19.6. The monoisotopic (exact) mass is 399 g/mol. The normalized spacial score (nSPS) is 11.2. The van der Waals surface area contributed by atoms with Gasteiger partial charge in [0.15, 0.2) is 0 Å². The van der Waals surface area contributed by atoms with Gasteiger partial charge in [0.1, 0.15) is 17.2 Å². The largest absolute Gasteiger partial charge is 0.464 e. The van der Waals surface area contributed by atoms with Crippen molar-refractivity contribution in [3.8, 4) is 10.6 Å². The van der Waals surface area contributed by atoms with Gasteiger partial charge in [-0.15, -0.1) is 11.3 Å². The van der Waals surface area contributed by atoms with Gasteiger partial charge in [0.2, 0.25) is 0 Å². The van der Waals surface area contributed by atoms with Crippen molar-refractivity contribution in [1.29, 1.82) is 0 Å². The molecule has 2 heterocycles. The van der Waals surface area contributed by atoms with E-state index in [0.29, 0.717) is 0 Å². The average molecular weight is 399 g/mol. The highest BCUT2D eigenvalue weighted by molar-refractivity contribution is 7.13. The second-order valence-electron chi connectivity index (χ2n) is 6.77. The molecule has 5 rings (SSSR count). The number of hydrogen-bond donors (Lipinski definition) is 0. The molecule has 0 atom stereocenters. The van der Waals surface area contributed by atoms with Crippen LogP contribution in [0.3, 0.4) is 0 Å². The van der Waals surface area contributed by atoms with E-state index in [1.807, 2.05) is 66.0 Å². The Kier molecular flexibility index (Phi) is 4.58. The van der Waals surface area contributed by atoms with Crippen molar-refractivity contribution in [3.05, 3.63) is 89.6 Å². The Hall–Kier alpha value is -3.44. The molecule has 3 aromatic carbocycles. The fourth-order valence-corrected chi connectivity index (χ4v) is 4.26. The molecule has 2 aromatic heterocycles. The van der Waals surface area contributed by atoms with Crippen LogP contribution in [0.2, 0.25) is 0 Å². The van der Waals surface area contributed by atoms with Crippen LogP contribution < -0.4 is 0 Å². The van der Waals surface area contributed by atoms with E-state index in [4.69, 9.17) is 9.15 Å². The van der Waals surface area contributed by atoms with Crippen LogP contribution in [0.15, 0.2) is 82.8 Å². The van der Waals surface area contributed by atoms with E-state index in [2.05, 4.69) is 11.1 Å². The van der Waals surface area contributed by atoms with E-state index in [1.54, 1.807) is 17.6 Å². The topological polar surface area (TPSA) is 52.3 Å². The summed E-state index contributed by atoms with van der Waals surface area (Å²) in [6.45, 7) is 0.165. The third kappa shape index (κ3) is 3.52. The number of esters is 1. The van der Waals surface area contributed by atoms with E-state index in [1.165, 1.54) is 0 Å². The molecule has 0 aliphatic heterocycles. The number of aromatic nitrogens is 1. The number of fused-ring (bicyclic) bond motifs is 3. The van der Waals surface area contributed by atoms with E-state index in [-0.39, 0.29) is 19.0 Å². The summed E-state index contributed by atoms with van der Waals surface area (Å²) < 4.78 is 11.1. The molecule has 0 aliphatic rings. The highest BCUT2D eigenvalue weighted by Gasteiger charge is 2.15. The van der Waals surface area contributed by atoms with Crippen molar-refractivity contribution in [2.75, 3.05) is 0 Å². The number of carbonyl (C=O) groups excluding carboxylic acids is 1. The van der Waals surface area contributed by atoms with Crippen LogP contribution in [0.25, 0.3) is 32.3 Å². The summed E-state index contributed by atoms with van der Waals surface area (Å²) in [4.78, 5) is 17.0. The molecule has 0 amide bonds. The Labute approximate surface area is 171 Å². The van der Waals surface area contributed by atoms with Gasteiger partial charge < -0.3 is 9.15 Å². The van der Waals surface area contributed by atoms with Crippen molar-refractivity contribution in [1.82, 2.24) is 4.98 Å². The fourth-order valence-electron chi connectivity index (χ4n) is 3.45. The second kappa shape index (κ2) is 7.53. The summed E-state index contributed by atoms with van der Waals surface area (Å²) in [5.41, 5.74) is 3.43. The van der Waals surface area contributed by atoms with Crippen molar-refractivity contribution < 1.29 is 13.9 Å². The van der Waals surface area contributed by atoms with E-state index >= 15 is 0 Å². The first-order chi connectivity index (χ1) is 14.3. The molecule has 0 radical (unpaired) electrons. The number of benzene rings is 3. The molecule has 0 spiro atoms. The van der Waals surface area contributed by atoms with E-state index in [9.17, 15) is 4.79 Å². The minimum atomic E-state index is -0.296. The number of furan rings is 1. The minimum absolute atomic E-state index is 0.163. The maximum absolute atomic E-state index is 12.5. The standard InChI is InChI=1S/C24H17NO3S/c26-22(28-14-19-15-29-24(25-19)17-7-2-1-3-8-17)12-18-13-27-21-11-10-16-6-4-5-9-20(16)23(18)21/h1-11,13,15H,12,14H2. The SMILES string of the molecule is O=C(Cc1coc2ccc3ccccc3c12)OCc1csc(-c2ccccc2)n1. The first kappa shape index (κ1) is 17.6. The highest BCUT2D eigenvalue weighted by atomic mass is 32.1. The number of hydrogen-bond acceptors (Lipinski definition) is 5. The Morgan fingerprint density at radius 2 is 1.83 bits per heavy atom. The molecule has 0 bridgehead atoms. The van der Waals surface area contributed by atoms with Gasteiger partial charge in [-0.25, -0.2) is 4.98 Å². The van der Waals surface area contributed by atoms with Crippen LogP contribution in [0.5, 0.6) is 0 Å². The van der Waals surface area contributed by atoms with Crippen LogP contribution in [0.1, 0.15) is 11.3 Å². The molecular formula is C24H17NO3S. The van der Waals surface area contributed by atoms with Crippen LogP contribution in [-0.2, 0) is 22.6 Å². The summed E-state index contributed by atoms with van der Waals surface area (Å²) in [6, 6.07) is 22.0. The quantitative estimate of drug-likeness (QED) is 0.340. The number of thiazole rings is 1. The molecule has 0 aliphatic carbocycles. The van der Waals surface area contributed by atoms with Gasteiger partial charge in [0.25, 0.3) is 0 Å². The molecule has 0 saturated heterocycles. The van der Waals surface area contributed by atoms with Gasteiger partial charge in [-0.1, -0.05) is 60.7 Å². The van der Waals surface area contributed by atoms with Crippen LogP contribution in [0.4, 0.5) is 0 Å². The molecule has 4 nitrogen and oxygen atoms in total. The third-order valence-electron chi connectivity index (χ3n) is 4.83. The summed E-state index contributed by atoms with van der Waals surface area (Å²) in [5, 5.41) is 6.01. The Bertz CT molecular complexity index is 1300. The van der Waals surface area contributed by atoms with Gasteiger partial charge in [0.05, 0.1) is 18.4 Å². The fraction of sp³-hybridized carbons (Fsp3) is 0.0833. The van der Waals surface area contributed by atoms with E-state index < -0.39 is 0 Å². The van der Waals surface area contributed by atoms with E-state index in [0.717, 1.165) is 43.6 Å². The first-order valence-electron chi connectivity index (χ1n) is 9.31. The summed E-state index contributed by atoms with van der Waals surface area (Å²) in [6.07, 6.45) is 1.81. The second-order valence-corrected chi connectivity index (χ2v) is 7.63. The molecule has 142 valence electrons. The first-order valence-corrected chi connectivity index (χ1v) is 10.2. The number of ether oxygens (including phenoxy) is 1. The zero-order valence-corrected chi connectivity index (χ0v) is 16.3. The van der Waals surface area contributed by atoms with Crippen LogP contribution in [0, 0.1) is 0 Å². The lowest BCUT2D eigenvalue weighted by Crippen LogP contribution is -2.08. The highest BCUT2D eigenvalue weighted by Crippen LogP contribution is 2.30. The molecule has 5 heteroatoms. The molecular weight excluding hydrogens is 382 g/mol. The van der Waals surface area contributed by atoms with Gasteiger partial charge in [0, 0.05) is 21.9 Å². The van der Waals surface area contributed by atoms with Gasteiger partial charge in [-0.2, -0.15) is 0 Å². The van der Waals surface area contributed by atoms with Crippen molar-refractivity contribution in [2.24, 2.45) is 0 Å². The molecule has 0 saturated carbocycles. The number of nitrogens with zero attached hydrogens (tertiary/aromatic N) is 1. The molecule has 0 fully saturated rings. The maximum Gasteiger partial charge on any atom is 0.310 e. The number of carbonyl (C=O) groups is 1. The lowest BCUT2D eigenvalue weighted by Gasteiger charge is -2.04. The minimum Gasteiger partial charge on any atom is -0.464 e. The Balaban J connectivity index is 1.30. The lowest BCUT2D eigenvalue weighted by atomic mass is 10.0. The lowest BCUT2D eigenvalue weighted by molar-refractivity contribution is -0.144. The average Bonchev–Trinajstić information content (AvgIpc) is 3.40. The summed E-state index contributed by atoms with van der Waals surface area (Å²) >= 11 is 1.55. The van der Waals surface area contributed by atoms with Crippen LogP contribution in [-0.4, -0.2) is 11.0 Å². The Morgan fingerprint density at radius 3 is 2.72 bits per heavy atom. The molecule has 29 heavy (non-hydrogen) atoms. The molecule has 0 unspecified atom stereocenters. The number of rotatable bonds is 5. The molecule has 5 aromatic rings. The van der Waals surface area contributed by atoms with Gasteiger partial charge in [-0.3, -0.25) is 4.79 Å². The predicted octanol–water partition coefficient (Wildman–Crippen LogP) is 6.00. The zero-order valence-electron chi connectivity index (χ0n) is 15.5. The van der Waals surface area contributed by atoms with Crippen LogP contribution >= 0.6 is 11.3 Å². The van der Waals surface area contributed by atoms with Crippen molar-refractivity contribution >= 4 is 39.0 Å². The summed E-state index contributed by atoms with van der Waals surface area (Å²) in [5.74, 6) is -0.296.